The van der Waals surface area contributed by atoms with Gasteiger partial charge in [-0.3, -0.25) is 19.4 Å². The normalized spacial score (nSPS) is 25.5. The zero-order valence-corrected chi connectivity index (χ0v) is 13.0. The molecule has 1 fully saturated rings. The number of ketones is 2. The molecule has 0 atom stereocenters. The highest BCUT2D eigenvalue weighted by molar-refractivity contribution is 6.40. The topological polar surface area (TPSA) is 102 Å². The van der Waals surface area contributed by atoms with Crippen molar-refractivity contribution in [3.8, 4) is 0 Å². The lowest BCUT2D eigenvalue weighted by molar-refractivity contribution is -0.122. The predicted molar refractivity (Wildman–Crippen MR) is 83.7 cm³/mol. The largest absolute Gasteiger partial charge is 0.353 e. The number of carbonyl (C=O) groups is 3. The fourth-order valence-corrected chi connectivity index (χ4v) is 3.15. The summed E-state index contributed by atoms with van der Waals surface area (Å²) in [6, 6.07) is 0.218. The van der Waals surface area contributed by atoms with Gasteiger partial charge in [0, 0.05) is 31.8 Å². The minimum absolute atomic E-state index is 0.0169. The van der Waals surface area contributed by atoms with Gasteiger partial charge in [0.15, 0.2) is 11.6 Å². The molecule has 1 aliphatic carbocycles. The summed E-state index contributed by atoms with van der Waals surface area (Å²) < 4.78 is 0. The number of hydrogen-bond donors (Lipinski definition) is 2. The van der Waals surface area contributed by atoms with Gasteiger partial charge in [-0.25, -0.2) is 0 Å². The smallest absolute Gasteiger partial charge is 0.221 e. The van der Waals surface area contributed by atoms with Gasteiger partial charge in [-0.2, -0.15) is 0 Å². The van der Waals surface area contributed by atoms with Crippen LogP contribution >= 0.6 is 0 Å². The summed E-state index contributed by atoms with van der Waals surface area (Å²) in [5, 5.41) is 3.00. The molecule has 0 aromatic rings. The summed E-state index contributed by atoms with van der Waals surface area (Å²) >= 11 is 0. The molecule has 122 valence electrons. The Morgan fingerprint density at radius 1 is 1.18 bits per heavy atom. The molecule has 0 saturated heterocycles. The van der Waals surface area contributed by atoms with E-state index in [1.54, 1.807) is 0 Å². The first-order chi connectivity index (χ1) is 10.6. The molecular weight excluding hydrogens is 282 g/mol. The minimum Gasteiger partial charge on any atom is -0.353 e. The number of nitrogens with one attached hydrogen (secondary N) is 1. The maximum atomic E-state index is 12.2. The van der Waals surface area contributed by atoms with Crippen LogP contribution < -0.4 is 11.1 Å². The number of nitrogens with zero attached hydrogens (tertiary/aromatic N) is 1. The number of carbonyl (C=O) groups excluding carboxylic acids is 3. The van der Waals surface area contributed by atoms with Gasteiger partial charge >= 0.3 is 0 Å². The highest BCUT2D eigenvalue weighted by Crippen LogP contribution is 2.27. The van der Waals surface area contributed by atoms with Crippen molar-refractivity contribution in [2.75, 3.05) is 13.1 Å². The van der Waals surface area contributed by atoms with Crippen molar-refractivity contribution in [2.24, 2.45) is 16.6 Å². The molecule has 6 heteroatoms. The molecule has 1 saturated carbocycles. The van der Waals surface area contributed by atoms with Gasteiger partial charge < -0.3 is 11.1 Å². The van der Waals surface area contributed by atoms with Crippen LogP contribution in [0.2, 0.25) is 0 Å². The summed E-state index contributed by atoms with van der Waals surface area (Å²) in [5.74, 6) is 0.604. The Labute approximate surface area is 130 Å². The van der Waals surface area contributed by atoms with Crippen molar-refractivity contribution in [3.05, 3.63) is 0 Å². The highest BCUT2D eigenvalue weighted by atomic mass is 16.2. The SMILES string of the molecule is NCCC(=O)NC1CCC(CC(=O)C2=NCC(=O)CC2)CC1. The molecule has 1 aliphatic heterocycles. The van der Waals surface area contributed by atoms with Gasteiger partial charge in [-0.1, -0.05) is 0 Å². The lowest BCUT2D eigenvalue weighted by atomic mass is 9.82. The second-order valence-electron chi connectivity index (χ2n) is 6.25. The predicted octanol–water partition coefficient (Wildman–Crippen LogP) is 0.773. The number of hydrogen-bond acceptors (Lipinski definition) is 5. The van der Waals surface area contributed by atoms with Crippen molar-refractivity contribution < 1.29 is 14.4 Å². The lowest BCUT2D eigenvalue weighted by Crippen LogP contribution is -2.38. The number of Topliss-reactive ketones (excluding diaryl/α,β-unsaturated/α-hetero) is 2. The quantitative estimate of drug-likeness (QED) is 0.756. The van der Waals surface area contributed by atoms with Crippen LogP contribution in [0, 0.1) is 5.92 Å². The number of rotatable bonds is 6. The fourth-order valence-electron chi connectivity index (χ4n) is 3.15. The van der Waals surface area contributed by atoms with Crippen LogP contribution in [0.15, 0.2) is 4.99 Å². The van der Waals surface area contributed by atoms with E-state index in [0.717, 1.165) is 25.7 Å². The fraction of sp³-hybridized carbons (Fsp3) is 0.750. The van der Waals surface area contributed by atoms with Crippen molar-refractivity contribution >= 4 is 23.2 Å². The van der Waals surface area contributed by atoms with E-state index in [2.05, 4.69) is 10.3 Å². The van der Waals surface area contributed by atoms with Gasteiger partial charge in [0.2, 0.25) is 5.91 Å². The summed E-state index contributed by atoms with van der Waals surface area (Å²) in [5.41, 5.74) is 5.96. The van der Waals surface area contributed by atoms with E-state index < -0.39 is 0 Å². The number of aliphatic imine (C=N–C) groups is 1. The van der Waals surface area contributed by atoms with E-state index in [4.69, 9.17) is 5.73 Å². The average molecular weight is 307 g/mol. The molecule has 0 radical (unpaired) electrons. The molecule has 0 aromatic heterocycles. The van der Waals surface area contributed by atoms with E-state index in [1.165, 1.54) is 0 Å². The molecule has 1 heterocycles. The van der Waals surface area contributed by atoms with Gasteiger partial charge in [0.1, 0.15) is 0 Å². The summed E-state index contributed by atoms with van der Waals surface area (Å²) in [7, 11) is 0. The molecule has 2 aliphatic rings. The zero-order valence-electron chi connectivity index (χ0n) is 13.0. The molecule has 0 spiro atoms. The average Bonchev–Trinajstić information content (AvgIpc) is 2.50. The van der Waals surface area contributed by atoms with Crippen molar-refractivity contribution in [1.29, 1.82) is 0 Å². The highest BCUT2D eigenvalue weighted by Gasteiger charge is 2.26. The van der Waals surface area contributed by atoms with Gasteiger partial charge in [-0.15, -0.1) is 0 Å². The van der Waals surface area contributed by atoms with E-state index in [0.29, 0.717) is 43.9 Å². The Balaban J connectivity index is 1.72. The third kappa shape index (κ3) is 5.02. The van der Waals surface area contributed by atoms with Crippen molar-refractivity contribution in [1.82, 2.24) is 5.32 Å². The first kappa shape index (κ1) is 16.8. The third-order valence-corrected chi connectivity index (χ3v) is 4.47. The zero-order chi connectivity index (χ0) is 15.9. The van der Waals surface area contributed by atoms with Crippen molar-refractivity contribution in [2.45, 2.75) is 57.4 Å². The van der Waals surface area contributed by atoms with Crippen LogP contribution in [0.3, 0.4) is 0 Å². The lowest BCUT2D eigenvalue weighted by Gasteiger charge is -2.29. The Bertz CT molecular complexity index is 465. The second kappa shape index (κ2) is 8.17. The molecule has 6 nitrogen and oxygen atoms in total. The van der Waals surface area contributed by atoms with Crippen molar-refractivity contribution in [3.63, 3.8) is 0 Å². The number of amides is 1. The third-order valence-electron chi connectivity index (χ3n) is 4.47. The van der Waals surface area contributed by atoms with Gasteiger partial charge in [-0.05, 0) is 38.0 Å². The summed E-state index contributed by atoms with van der Waals surface area (Å²) in [6.07, 6.45) is 5.58. The van der Waals surface area contributed by atoms with Crippen LogP contribution in [0.5, 0.6) is 0 Å². The monoisotopic (exact) mass is 307 g/mol. The second-order valence-corrected chi connectivity index (χ2v) is 6.25. The Kier molecular flexibility index (Phi) is 6.24. The van der Waals surface area contributed by atoms with Crippen LogP contribution in [0.4, 0.5) is 0 Å². The van der Waals surface area contributed by atoms with E-state index in [-0.39, 0.29) is 30.1 Å². The first-order valence-electron chi connectivity index (χ1n) is 8.16. The molecule has 2 rings (SSSR count). The molecule has 22 heavy (non-hydrogen) atoms. The molecule has 0 unspecified atom stereocenters. The Morgan fingerprint density at radius 2 is 1.91 bits per heavy atom. The summed E-state index contributed by atoms with van der Waals surface area (Å²) in [6.45, 7) is 0.543. The Hall–Kier alpha value is -1.56. The molecule has 3 N–H and O–H groups in total. The molecule has 0 bridgehead atoms. The Morgan fingerprint density at radius 3 is 2.50 bits per heavy atom. The maximum absolute atomic E-state index is 12.2. The molecule has 1 amide bonds. The van der Waals surface area contributed by atoms with Crippen LogP contribution in [-0.4, -0.2) is 42.3 Å². The van der Waals surface area contributed by atoms with E-state index in [9.17, 15) is 14.4 Å². The van der Waals surface area contributed by atoms with Gasteiger partial charge in [0.25, 0.3) is 0 Å². The van der Waals surface area contributed by atoms with E-state index in [1.807, 2.05) is 0 Å². The number of nitrogens with two attached hydrogens (primary N) is 1. The molecular formula is C16H25N3O3. The minimum atomic E-state index is 0.0169. The first-order valence-corrected chi connectivity index (χ1v) is 8.16. The molecule has 0 aromatic carbocycles. The van der Waals surface area contributed by atoms with Gasteiger partial charge in [0.05, 0.1) is 12.3 Å². The van der Waals surface area contributed by atoms with E-state index >= 15 is 0 Å². The van der Waals surface area contributed by atoms with Crippen LogP contribution in [0.25, 0.3) is 0 Å². The maximum Gasteiger partial charge on any atom is 0.221 e. The van der Waals surface area contributed by atoms with Crippen LogP contribution in [0.1, 0.15) is 51.4 Å². The van der Waals surface area contributed by atoms with Crippen LogP contribution in [-0.2, 0) is 14.4 Å². The standard InChI is InChI=1S/C16H25N3O3/c17-8-7-16(22)19-12-3-1-11(2-4-12)9-15(21)14-6-5-13(20)10-18-14/h11-12H,1-10,17H2,(H,19,22). The summed E-state index contributed by atoms with van der Waals surface area (Å²) in [4.78, 5) is 38.9.